The van der Waals surface area contributed by atoms with Crippen LogP contribution in [0.3, 0.4) is 0 Å². The van der Waals surface area contributed by atoms with Gasteiger partial charge in [0, 0.05) is 33.9 Å². The van der Waals surface area contributed by atoms with Crippen molar-refractivity contribution in [3.05, 3.63) is 99.6 Å². The third-order valence-corrected chi connectivity index (χ3v) is 4.75. The molecule has 27 heavy (non-hydrogen) atoms. The van der Waals surface area contributed by atoms with Crippen LogP contribution in [0.15, 0.2) is 89.5 Å². The molecule has 132 valence electrons. The normalized spacial score (nSPS) is 10.7. The smallest absolute Gasteiger partial charge is 0.258 e. The molecule has 5 nitrogen and oxygen atoms in total. The summed E-state index contributed by atoms with van der Waals surface area (Å²) in [6.45, 7) is 0. The number of halogens is 1. The molecule has 0 aliphatic rings. The number of hydrogen-bond acceptors (Lipinski definition) is 3. The highest BCUT2D eigenvalue weighted by Gasteiger charge is 2.16. The van der Waals surface area contributed by atoms with E-state index in [1.54, 1.807) is 16.8 Å². The molecule has 6 heteroatoms. The lowest BCUT2D eigenvalue weighted by Crippen LogP contribution is -1.93. The molecule has 4 rings (SSSR count). The summed E-state index contributed by atoms with van der Waals surface area (Å²) in [7, 11) is 0. The molecule has 0 spiro atoms. The average Bonchev–Trinajstić information content (AvgIpc) is 3.15. The Kier molecular flexibility index (Phi) is 4.56. The Morgan fingerprint density at radius 3 is 2.33 bits per heavy atom. The molecule has 0 unspecified atom stereocenters. The molecular weight excluding hydrogens is 406 g/mol. The molecule has 0 amide bonds. The van der Waals surface area contributed by atoms with E-state index in [0.717, 1.165) is 32.5 Å². The number of nitro benzene ring substituents is 1. The number of nitrogens with zero attached hydrogens (tertiary/aromatic N) is 3. The summed E-state index contributed by atoms with van der Waals surface area (Å²) < 4.78 is 2.77. The fourth-order valence-corrected chi connectivity index (χ4v) is 3.17. The van der Waals surface area contributed by atoms with Crippen LogP contribution in [0, 0.1) is 10.1 Å². The van der Waals surface area contributed by atoms with E-state index in [2.05, 4.69) is 15.9 Å². The molecule has 0 atom stereocenters. The van der Waals surface area contributed by atoms with E-state index in [9.17, 15) is 10.1 Å². The van der Waals surface area contributed by atoms with E-state index >= 15 is 0 Å². The Bertz CT molecular complexity index is 1110. The zero-order valence-corrected chi connectivity index (χ0v) is 15.7. The first-order chi connectivity index (χ1) is 13.1. The van der Waals surface area contributed by atoms with Crippen molar-refractivity contribution in [2.45, 2.75) is 0 Å². The number of non-ortho nitro benzene ring substituents is 1. The second kappa shape index (κ2) is 7.17. The van der Waals surface area contributed by atoms with Gasteiger partial charge in [-0.2, -0.15) is 5.10 Å². The number of aromatic nitrogens is 2. The van der Waals surface area contributed by atoms with Crippen molar-refractivity contribution >= 4 is 21.6 Å². The van der Waals surface area contributed by atoms with Crippen molar-refractivity contribution in [3.8, 4) is 28.1 Å². The third kappa shape index (κ3) is 3.52. The van der Waals surface area contributed by atoms with Gasteiger partial charge >= 0.3 is 0 Å². The molecule has 3 aromatic carbocycles. The third-order valence-electron chi connectivity index (χ3n) is 4.22. The van der Waals surface area contributed by atoms with Crippen molar-refractivity contribution in [1.82, 2.24) is 9.78 Å². The Labute approximate surface area is 164 Å². The van der Waals surface area contributed by atoms with Gasteiger partial charge in [-0.25, -0.2) is 4.68 Å². The molecule has 0 saturated carbocycles. The van der Waals surface area contributed by atoms with Gasteiger partial charge in [-0.05, 0) is 29.8 Å². The molecule has 0 aliphatic heterocycles. The van der Waals surface area contributed by atoms with Gasteiger partial charge in [-0.3, -0.25) is 10.1 Å². The summed E-state index contributed by atoms with van der Waals surface area (Å²) in [5.74, 6) is 0. The largest absolute Gasteiger partial charge is 0.270 e. The van der Waals surface area contributed by atoms with Gasteiger partial charge in [0.25, 0.3) is 5.69 Å². The zero-order chi connectivity index (χ0) is 18.8. The Morgan fingerprint density at radius 1 is 0.889 bits per heavy atom. The minimum absolute atomic E-state index is 0.0571. The molecule has 0 aliphatic carbocycles. The van der Waals surface area contributed by atoms with E-state index in [4.69, 9.17) is 5.10 Å². The highest BCUT2D eigenvalue weighted by atomic mass is 79.9. The fraction of sp³-hybridized carbons (Fsp3) is 0. The van der Waals surface area contributed by atoms with E-state index < -0.39 is 0 Å². The topological polar surface area (TPSA) is 61.0 Å². The molecule has 0 radical (unpaired) electrons. The molecule has 1 aromatic heterocycles. The van der Waals surface area contributed by atoms with E-state index in [1.807, 2.05) is 66.9 Å². The van der Waals surface area contributed by atoms with Gasteiger partial charge in [-0.1, -0.05) is 58.4 Å². The first-order valence-corrected chi connectivity index (χ1v) is 9.07. The molecule has 0 N–H and O–H groups in total. The summed E-state index contributed by atoms with van der Waals surface area (Å²) in [4.78, 5) is 10.8. The molecule has 0 bridgehead atoms. The Balaban J connectivity index is 1.91. The highest BCUT2D eigenvalue weighted by molar-refractivity contribution is 9.10. The van der Waals surface area contributed by atoms with Crippen LogP contribution in [0.4, 0.5) is 5.69 Å². The minimum Gasteiger partial charge on any atom is -0.258 e. The monoisotopic (exact) mass is 419 g/mol. The maximum atomic E-state index is 11.2. The van der Waals surface area contributed by atoms with Gasteiger partial charge in [0.2, 0.25) is 0 Å². The SMILES string of the molecule is O=[N+]([O-])c1cccc(-c2cn(-c3ccccc3)nc2-c2ccc(Br)cc2)c1. The maximum absolute atomic E-state index is 11.2. The van der Waals surface area contributed by atoms with Gasteiger partial charge < -0.3 is 0 Å². The van der Waals surface area contributed by atoms with E-state index in [0.29, 0.717) is 0 Å². The second-order valence-electron chi connectivity index (χ2n) is 5.99. The summed E-state index contributed by atoms with van der Waals surface area (Å²) in [6.07, 6.45) is 1.91. The predicted octanol–water partition coefficient (Wildman–Crippen LogP) is 5.88. The summed E-state index contributed by atoms with van der Waals surface area (Å²) in [5, 5.41) is 15.9. The summed E-state index contributed by atoms with van der Waals surface area (Å²) in [6, 6.07) is 24.3. The van der Waals surface area contributed by atoms with Gasteiger partial charge in [0.05, 0.1) is 10.6 Å². The van der Waals surface area contributed by atoms with Crippen molar-refractivity contribution in [3.63, 3.8) is 0 Å². The van der Waals surface area contributed by atoms with Crippen LogP contribution >= 0.6 is 15.9 Å². The summed E-state index contributed by atoms with van der Waals surface area (Å²) >= 11 is 3.45. The van der Waals surface area contributed by atoms with Crippen LogP contribution < -0.4 is 0 Å². The van der Waals surface area contributed by atoms with Gasteiger partial charge in [-0.15, -0.1) is 0 Å². The van der Waals surface area contributed by atoms with E-state index in [1.165, 1.54) is 6.07 Å². The number of hydrogen-bond donors (Lipinski definition) is 0. The number of nitro groups is 1. The number of rotatable bonds is 4. The van der Waals surface area contributed by atoms with Gasteiger partial charge in [0.1, 0.15) is 5.69 Å². The summed E-state index contributed by atoms with van der Waals surface area (Å²) in [5.41, 5.74) is 4.28. The number of para-hydroxylation sites is 1. The van der Waals surface area contributed by atoms with Crippen LogP contribution in [-0.4, -0.2) is 14.7 Å². The van der Waals surface area contributed by atoms with Crippen molar-refractivity contribution < 1.29 is 4.92 Å². The number of benzene rings is 3. The van der Waals surface area contributed by atoms with Crippen LogP contribution in [0.2, 0.25) is 0 Å². The Morgan fingerprint density at radius 2 is 1.63 bits per heavy atom. The maximum Gasteiger partial charge on any atom is 0.270 e. The Hall–Kier alpha value is -3.25. The lowest BCUT2D eigenvalue weighted by atomic mass is 10.0. The first-order valence-electron chi connectivity index (χ1n) is 8.28. The van der Waals surface area contributed by atoms with Crippen molar-refractivity contribution in [2.24, 2.45) is 0 Å². The molecule has 0 saturated heterocycles. The van der Waals surface area contributed by atoms with E-state index in [-0.39, 0.29) is 10.6 Å². The quantitative estimate of drug-likeness (QED) is 0.306. The first kappa shape index (κ1) is 17.2. The van der Waals surface area contributed by atoms with Crippen LogP contribution in [-0.2, 0) is 0 Å². The lowest BCUT2D eigenvalue weighted by molar-refractivity contribution is -0.384. The predicted molar refractivity (Wildman–Crippen MR) is 109 cm³/mol. The van der Waals surface area contributed by atoms with Crippen molar-refractivity contribution in [2.75, 3.05) is 0 Å². The fourth-order valence-electron chi connectivity index (χ4n) is 2.91. The molecule has 4 aromatic rings. The second-order valence-corrected chi connectivity index (χ2v) is 6.90. The average molecular weight is 420 g/mol. The highest BCUT2D eigenvalue weighted by Crippen LogP contribution is 2.34. The molecule has 1 heterocycles. The zero-order valence-electron chi connectivity index (χ0n) is 14.1. The van der Waals surface area contributed by atoms with Crippen molar-refractivity contribution in [1.29, 1.82) is 0 Å². The lowest BCUT2D eigenvalue weighted by Gasteiger charge is -2.03. The van der Waals surface area contributed by atoms with Crippen LogP contribution in [0.5, 0.6) is 0 Å². The van der Waals surface area contributed by atoms with Crippen LogP contribution in [0.25, 0.3) is 28.1 Å². The van der Waals surface area contributed by atoms with Gasteiger partial charge in [0.15, 0.2) is 0 Å². The van der Waals surface area contributed by atoms with Crippen LogP contribution in [0.1, 0.15) is 0 Å². The molecular formula is C21H14BrN3O2. The standard InChI is InChI=1S/C21H14BrN3O2/c22-17-11-9-15(10-12-17)21-20(16-5-4-8-19(13-16)25(26)27)14-24(23-21)18-6-2-1-3-7-18/h1-14H. The minimum atomic E-state index is -0.385. The molecule has 0 fully saturated rings.